The normalized spacial score (nSPS) is 27.4. The molecule has 1 aliphatic carbocycles. The highest BCUT2D eigenvalue weighted by Gasteiger charge is 2.33. The summed E-state index contributed by atoms with van der Waals surface area (Å²) in [5, 5.41) is 6.21. The van der Waals surface area contributed by atoms with Crippen molar-refractivity contribution in [1.82, 2.24) is 10.6 Å². The van der Waals surface area contributed by atoms with Crippen LogP contribution >= 0.6 is 0 Å². The fraction of sp³-hybridized carbons (Fsp3) is 0.923. The SMILES string of the molecule is CCNC1COCC1C(=O)NCCOCC1CC1. The molecule has 0 aromatic heterocycles. The van der Waals surface area contributed by atoms with Gasteiger partial charge in [-0.05, 0) is 25.3 Å². The maximum absolute atomic E-state index is 12.0. The van der Waals surface area contributed by atoms with Crippen molar-refractivity contribution < 1.29 is 14.3 Å². The van der Waals surface area contributed by atoms with Crippen LogP contribution in [0.5, 0.6) is 0 Å². The largest absolute Gasteiger partial charge is 0.379 e. The molecule has 0 aromatic carbocycles. The number of likely N-dealkylation sites (N-methyl/N-ethyl adjacent to an activating group) is 1. The minimum Gasteiger partial charge on any atom is -0.379 e. The minimum atomic E-state index is -0.0617. The molecule has 0 radical (unpaired) electrons. The smallest absolute Gasteiger partial charge is 0.227 e. The van der Waals surface area contributed by atoms with Crippen LogP contribution in [-0.2, 0) is 14.3 Å². The van der Waals surface area contributed by atoms with Crippen molar-refractivity contribution in [2.24, 2.45) is 11.8 Å². The van der Waals surface area contributed by atoms with Crippen molar-refractivity contribution in [3.05, 3.63) is 0 Å². The Morgan fingerprint density at radius 1 is 1.39 bits per heavy atom. The van der Waals surface area contributed by atoms with E-state index in [1.165, 1.54) is 12.8 Å². The Bertz CT molecular complexity index is 269. The van der Waals surface area contributed by atoms with Gasteiger partial charge in [0.25, 0.3) is 0 Å². The van der Waals surface area contributed by atoms with E-state index in [2.05, 4.69) is 10.6 Å². The third-order valence-corrected chi connectivity index (χ3v) is 3.48. The van der Waals surface area contributed by atoms with Gasteiger partial charge in [-0.25, -0.2) is 0 Å². The first-order valence-electron chi connectivity index (χ1n) is 6.97. The highest BCUT2D eigenvalue weighted by atomic mass is 16.5. The molecule has 2 aliphatic rings. The lowest BCUT2D eigenvalue weighted by molar-refractivity contribution is -0.125. The first-order chi connectivity index (χ1) is 8.81. The molecular formula is C13H24N2O3. The van der Waals surface area contributed by atoms with Crippen molar-refractivity contribution in [2.75, 3.05) is 39.5 Å². The number of carbonyl (C=O) groups is 1. The second-order valence-corrected chi connectivity index (χ2v) is 5.12. The molecule has 2 atom stereocenters. The van der Waals surface area contributed by atoms with Gasteiger partial charge < -0.3 is 20.1 Å². The van der Waals surface area contributed by atoms with Crippen LogP contribution in [0.1, 0.15) is 19.8 Å². The van der Waals surface area contributed by atoms with Crippen molar-refractivity contribution in [1.29, 1.82) is 0 Å². The number of carbonyl (C=O) groups excluding carboxylic acids is 1. The molecule has 2 fully saturated rings. The van der Waals surface area contributed by atoms with Crippen LogP contribution in [0.25, 0.3) is 0 Å². The predicted molar refractivity (Wildman–Crippen MR) is 68.3 cm³/mol. The lowest BCUT2D eigenvalue weighted by Gasteiger charge is -2.17. The summed E-state index contributed by atoms with van der Waals surface area (Å²) < 4.78 is 10.8. The van der Waals surface area contributed by atoms with E-state index in [9.17, 15) is 4.79 Å². The number of nitrogens with one attached hydrogen (secondary N) is 2. The summed E-state index contributed by atoms with van der Waals surface area (Å²) >= 11 is 0. The van der Waals surface area contributed by atoms with Gasteiger partial charge in [0.1, 0.15) is 0 Å². The summed E-state index contributed by atoms with van der Waals surface area (Å²) in [5.41, 5.74) is 0. The van der Waals surface area contributed by atoms with E-state index in [0.717, 1.165) is 19.1 Å². The Morgan fingerprint density at radius 2 is 2.22 bits per heavy atom. The van der Waals surface area contributed by atoms with E-state index in [-0.39, 0.29) is 17.9 Å². The zero-order chi connectivity index (χ0) is 12.8. The van der Waals surface area contributed by atoms with E-state index in [1.807, 2.05) is 6.92 Å². The number of hydrogen-bond acceptors (Lipinski definition) is 4. The van der Waals surface area contributed by atoms with Crippen LogP contribution in [0.3, 0.4) is 0 Å². The fourth-order valence-corrected chi connectivity index (χ4v) is 2.19. The second-order valence-electron chi connectivity index (χ2n) is 5.12. The Balaban J connectivity index is 1.57. The summed E-state index contributed by atoms with van der Waals surface area (Å²) in [5.74, 6) is 0.795. The van der Waals surface area contributed by atoms with E-state index >= 15 is 0 Å². The van der Waals surface area contributed by atoms with Crippen molar-refractivity contribution in [3.63, 3.8) is 0 Å². The van der Waals surface area contributed by atoms with Crippen LogP contribution < -0.4 is 10.6 Å². The quantitative estimate of drug-likeness (QED) is 0.607. The van der Waals surface area contributed by atoms with Crippen molar-refractivity contribution >= 4 is 5.91 Å². The van der Waals surface area contributed by atoms with Gasteiger partial charge in [-0.1, -0.05) is 6.92 Å². The van der Waals surface area contributed by atoms with Crippen LogP contribution in [-0.4, -0.2) is 51.5 Å². The molecule has 1 amide bonds. The maximum atomic E-state index is 12.0. The number of rotatable bonds is 8. The van der Waals surface area contributed by atoms with Gasteiger partial charge in [-0.15, -0.1) is 0 Å². The van der Waals surface area contributed by atoms with E-state index < -0.39 is 0 Å². The highest BCUT2D eigenvalue weighted by molar-refractivity contribution is 5.79. The summed E-state index contributed by atoms with van der Waals surface area (Å²) in [4.78, 5) is 12.0. The highest BCUT2D eigenvalue weighted by Crippen LogP contribution is 2.28. The lowest BCUT2D eigenvalue weighted by atomic mass is 10.0. The standard InChI is InChI=1S/C13H24N2O3/c1-2-14-12-9-18-8-11(12)13(16)15-5-6-17-7-10-3-4-10/h10-12,14H,2-9H2,1H3,(H,15,16). The van der Waals surface area contributed by atoms with Gasteiger partial charge in [-0.2, -0.15) is 0 Å². The molecule has 2 unspecified atom stereocenters. The molecule has 104 valence electrons. The van der Waals surface area contributed by atoms with Gasteiger partial charge in [0.15, 0.2) is 0 Å². The third kappa shape index (κ3) is 4.23. The molecule has 5 nitrogen and oxygen atoms in total. The summed E-state index contributed by atoms with van der Waals surface area (Å²) in [6, 6.07) is 0.155. The number of amides is 1. The molecule has 0 aromatic rings. The number of ether oxygens (including phenoxy) is 2. The summed E-state index contributed by atoms with van der Waals surface area (Å²) in [7, 11) is 0. The van der Waals surface area contributed by atoms with Crippen LogP contribution in [0, 0.1) is 11.8 Å². The van der Waals surface area contributed by atoms with Gasteiger partial charge in [0, 0.05) is 19.2 Å². The topological polar surface area (TPSA) is 59.6 Å². The Hall–Kier alpha value is -0.650. The molecule has 18 heavy (non-hydrogen) atoms. The molecule has 1 aliphatic heterocycles. The van der Waals surface area contributed by atoms with Gasteiger partial charge >= 0.3 is 0 Å². The van der Waals surface area contributed by atoms with Gasteiger partial charge in [0.2, 0.25) is 5.91 Å². The van der Waals surface area contributed by atoms with Crippen LogP contribution in [0.15, 0.2) is 0 Å². The Labute approximate surface area is 109 Å². The Kier molecular flexibility index (Phi) is 5.41. The van der Waals surface area contributed by atoms with Crippen LogP contribution in [0.2, 0.25) is 0 Å². The minimum absolute atomic E-state index is 0.0617. The molecular weight excluding hydrogens is 232 g/mol. The zero-order valence-electron chi connectivity index (χ0n) is 11.1. The van der Waals surface area contributed by atoms with Gasteiger partial charge in [-0.3, -0.25) is 4.79 Å². The molecule has 5 heteroatoms. The summed E-state index contributed by atoms with van der Waals surface area (Å²) in [6.07, 6.45) is 2.60. The van der Waals surface area contributed by atoms with E-state index in [4.69, 9.17) is 9.47 Å². The molecule has 0 spiro atoms. The predicted octanol–water partition coefficient (Wildman–Crippen LogP) is 0.154. The lowest BCUT2D eigenvalue weighted by Crippen LogP contribution is -2.44. The third-order valence-electron chi connectivity index (χ3n) is 3.48. The molecule has 1 saturated heterocycles. The molecule has 1 saturated carbocycles. The molecule has 2 N–H and O–H groups in total. The summed E-state index contributed by atoms with van der Waals surface area (Å²) in [6.45, 7) is 6.11. The van der Waals surface area contributed by atoms with Crippen LogP contribution in [0.4, 0.5) is 0 Å². The van der Waals surface area contributed by atoms with Crippen molar-refractivity contribution in [3.8, 4) is 0 Å². The number of hydrogen-bond donors (Lipinski definition) is 2. The fourth-order valence-electron chi connectivity index (χ4n) is 2.19. The Morgan fingerprint density at radius 3 is 2.94 bits per heavy atom. The first-order valence-corrected chi connectivity index (χ1v) is 6.97. The average molecular weight is 256 g/mol. The maximum Gasteiger partial charge on any atom is 0.227 e. The average Bonchev–Trinajstić information content (AvgIpc) is 3.07. The molecule has 1 heterocycles. The van der Waals surface area contributed by atoms with Gasteiger partial charge in [0.05, 0.1) is 25.7 Å². The van der Waals surface area contributed by atoms with Crippen molar-refractivity contribution in [2.45, 2.75) is 25.8 Å². The second kappa shape index (κ2) is 7.07. The molecule has 0 bridgehead atoms. The molecule has 2 rings (SSSR count). The monoisotopic (exact) mass is 256 g/mol. The van der Waals surface area contributed by atoms with E-state index in [0.29, 0.717) is 26.4 Å². The van der Waals surface area contributed by atoms with E-state index in [1.54, 1.807) is 0 Å². The first kappa shape index (κ1) is 13.8. The zero-order valence-corrected chi connectivity index (χ0v) is 11.1.